The predicted octanol–water partition coefficient (Wildman–Crippen LogP) is 3.30. The molecule has 0 saturated heterocycles. The molecule has 1 aromatic heterocycles. The first-order valence-electron chi connectivity index (χ1n) is 6.59. The number of rotatable bonds is 4. The highest BCUT2D eigenvalue weighted by Crippen LogP contribution is 2.38. The fraction of sp³-hybridized carbons (Fsp3) is 0.400. The second kappa shape index (κ2) is 5.65. The maximum Gasteiger partial charge on any atom is 0.0944 e. The van der Waals surface area contributed by atoms with Crippen LogP contribution in [0, 0.1) is 6.92 Å². The monoisotopic (exact) mass is 290 g/mol. The van der Waals surface area contributed by atoms with Crippen molar-refractivity contribution < 1.29 is 0 Å². The first-order chi connectivity index (χ1) is 9.26. The van der Waals surface area contributed by atoms with Crippen LogP contribution in [-0.2, 0) is 12.8 Å². The van der Waals surface area contributed by atoms with E-state index < -0.39 is 0 Å². The molecule has 0 amide bonds. The van der Waals surface area contributed by atoms with Crippen molar-refractivity contribution in [2.24, 2.45) is 0 Å². The van der Waals surface area contributed by atoms with Gasteiger partial charge in [0, 0.05) is 33.7 Å². The van der Waals surface area contributed by atoms with E-state index in [-0.39, 0.29) is 0 Å². The molecule has 2 unspecified atom stereocenters. The van der Waals surface area contributed by atoms with Crippen LogP contribution in [0.5, 0.6) is 0 Å². The lowest BCUT2D eigenvalue weighted by atomic mass is 10.0. The lowest BCUT2D eigenvalue weighted by Crippen LogP contribution is -2.37. The third kappa shape index (κ3) is 2.86. The Balaban J connectivity index is 1.71. The van der Waals surface area contributed by atoms with Gasteiger partial charge in [0.25, 0.3) is 0 Å². The Morgan fingerprint density at radius 3 is 2.95 bits per heavy atom. The summed E-state index contributed by atoms with van der Waals surface area (Å²) in [5.74, 6) is 0. The van der Waals surface area contributed by atoms with Crippen molar-refractivity contribution in [1.82, 2.24) is 10.3 Å². The largest absolute Gasteiger partial charge is 0.315 e. The van der Waals surface area contributed by atoms with E-state index in [0.717, 1.165) is 18.5 Å². The SMILES string of the molecule is CNC(Cc1nc(C)cs1)C1Cc2ccccc2S1. The number of thiazole rings is 1. The topological polar surface area (TPSA) is 24.9 Å². The summed E-state index contributed by atoms with van der Waals surface area (Å²) in [4.78, 5) is 6.04. The van der Waals surface area contributed by atoms with Crippen LogP contribution in [0.25, 0.3) is 0 Å². The first-order valence-corrected chi connectivity index (χ1v) is 8.35. The van der Waals surface area contributed by atoms with E-state index in [0.29, 0.717) is 11.3 Å². The van der Waals surface area contributed by atoms with Crippen molar-refractivity contribution in [3.05, 3.63) is 45.9 Å². The molecule has 0 aliphatic carbocycles. The molecule has 2 nitrogen and oxygen atoms in total. The van der Waals surface area contributed by atoms with Gasteiger partial charge in [0.15, 0.2) is 0 Å². The van der Waals surface area contributed by atoms with Crippen molar-refractivity contribution >= 4 is 23.1 Å². The summed E-state index contributed by atoms with van der Waals surface area (Å²) in [6.45, 7) is 2.06. The molecular weight excluding hydrogens is 272 g/mol. The molecule has 19 heavy (non-hydrogen) atoms. The van der Waals surface area contributed by atoms with Crippen molar-refractivity contribution in [2.45, 2.75) is 36.0 Å². The van der Waals surface area contributed by atoms with Gasteiger partial charge in [0.1, 0.15) is 0 Å². The molecule has 0 spiro atoms. The normalized spacial score (nSPS) is 19.4. The molecule has 0 saturated carbocycles. The van der Waals surface area contributed by atoms with E-state index in [1.807, 2.05) is 11.8 Å². The minimum Gasteiger partial charge on any atom is -0.315 e. The molecule has 0 fully saturated rings. The minimum atomic E-state index is 0.489. The van der Waals surface area contributed by atoms with E-state index in [9.17, 15) is 0 Å². The van der Waals surface area contributed by atoms with Crippen LogP contribution in [0.3, 0.4) is 0 Å². The molecule has 0 bridgehead atoms. The summed E-state index contributed by atoms with van der Waals surface area (Å²) >= 11 is 3.78. The summed E-state index contributed by atoms with van der Waals surface area (Å²) in [6, 6.07) is 9.25. The van der Waals surface area contributed by atoms with Crippen LogP contribution in [0.1, 0.15) is 16.3 Å². The summed E-state index contributed by atoms with van der Waals surface area (Å²) < 4.78 is 0. The fourth-order valence-electron chi connectivity index (χ4n) is 2.54. The zero-order valence-electron chi connectivity index (χ0n) is 11.2. The Bertz CT molecular complexity index is 540. The second-order valence-corrected chi connectivity index (χ2v) is 7.17. The summed E-state index contributed by atoms with van der Waals surface area (Å²) in [5, 5.41) is 7.48. The Hall–Kier alpha value is -0.840. The summed E-state index contributed by atoms with van der Waals surface area (Å²) in [6.07, 6.45) is 2.19. The van der Waals surface area contributed by atoms with Crippen LogP contribution in [0.15, 0.2) is 34.5 Å². The molecule has 1 aliphatic rings. The molecule has 2 heterocycles. The van der Waals surface area contributed by atoms with Gasteiger partial charge in [-0.2, -0.15) is 0 Å². The van der Waals surface area contributed by atoms with Crippen LogP contribution in [-0.4, -0.2) is 23.3 Å². The van der Waals surface area contributed by atoms with E-state index in [2.05, 4.69) is 53.9 Å². The Morgan fingerprint density at radius 2 is 2.26 bits per heavy atom. The number of benzene rings is 1. The second-order valence-electron chi connectivity index (χ2n) is 4.95. The standard InChI is InChI=1S/C15H18N2S2/c1-10-9-18-15(17-10)8-12(16-2)14-7-11-5-3-4-6-13(11)19-14/h3-6,9,12,14,16H,7-8H2,1-2H3. The number of nitrogens with zero attached hydrogens (tertiary/aromatic N) is 1. The van der Waals surface area contributed by atoms with Crippen molar-refractivity contribution in [3.63, 3.8) is 0 Å². The molecule has 1 aromatic carbocycles. The smallest absolute Gasteiger partial charge is 0.0944 e. The number of aryl methyl sites for hydroxylation is 1. The fourth-order valence-corrected chi connectivity index (χ4v) is 4.81. The van der Waals surface area contributed by atoms with E-state index in [4.69, 9.17) is 0 Å². The quantitative estimate of drug-likeness (QED) is 0.935. The maximum absolute atomic E-state index is 4.59. The lowest BCUT2D eigenvalue weighted by molar-refractivity contribution is 0.536. The average Bonchev–Trinajstić information content (AvgIpc) is 3.01. The number of aromatic nitrogens is 1. The molecule has 2 atom stereocenters. The molecule has 3 rings (SSSR count). The predicted molar refractivity (Wildman–Crippen MR) is 83.2 cm³/mol. The average molecular weight is 290 g/mol. The van der Waals surface area contributed by atoms with E-state index >= 15 is 0 Å². The van der Waals surface area contributed by atoms with Gasteiger partial charge in [-0.3, -0.25) is 0 Å². The van der Waals surface area contributed by atoms with Gasteiger partial charge < -0.3 is 5.32 Å². The molecule has 1 aliphatic heterocycles. The van der Waals surface area contributed by atoms with E-state index in [1.54, 1.807) is 11.3 Å². The van der Waals surface area contributed by atoms with E-state index in [1.165, 1.54) is 15.5 Å². The third-order valence-electron chi connectivity index (χ3n) is 3.55. The van der Waals surface area contributed by atoms with Crippen LogP contribution in [0.2, 0.25) is 0 Å². The maximum atomic E-state index is 4.59. The van der Waals surface area contributed by atoms with Crippen LogP contribution >= 0.6 is 23.1 Å². The first kappa shape index (κ1) is 13.2. The van der Waals surface area contributed by atoms with Crippen molar-refractivity contribution in [3.8, 4) is 0 Å². The van der Waals surface area contributed by atoms with Gasteiger partial charge in [0.2, 0.25) is 0 Å². The molecule has 0 radical (unpaired) electrons. The third-order valence-corrected chi connectivity index (χ3v) is 5.99. The van der Waals surface area contributed by atoms with Gasteiger partial charge in [0.05, 0.1) is 5.01 Å². The number of likely N-dealkylation sites (N-methyl/N-ethyl adjacent to an activating group) is 1. The number of thioether (sulfide) groups is 1. The Kier molecular flexibility index (Phi) is 3.91. The number of hydrogen-bond donors (Lipinski definition) is 1. The Morgan fingerprint density at radius 1 is 1.42 bits per heavy atom. The highest BCUT2D eigenvalue weighted by molar-refractivity contribution is 8.00. The van der Waals surface area contributed by atoms with Gasteiger partial charge in [-0.25, -0.2) is 4.98 Å². The molecule has 2 aromatic rings. The zero-order valence-corrected chi connectivity index (χ0v) is 12.9. The summed E-state index contributed by atoms with van der Waals surface area (Å²) in [5.41, 5.74) is 2.63. The highest BCUT2D eigenvalue weighted by atomic mass is 32.2. The lowest BCUT2D eigenvalue weighted by Gasteiger charge is -2.21. The molecule has 100 valence electrons. The zero-order chi connectivity index (χ0) is 13.2. The molecular formula is C15H18N2S2. The van der Waals surface area contributed by atoms with Crippen molar-refractivity contribution in [1.29, 1.82) is 0 Å². The minimum absolute atomic E-state index is 0.489. The Labute approximate surface area is 122 Å². The van der Waals surface area contributed by atoms with Crippen LogP contribution < -0.4 is 5.32 Å². The molecule has 1 N–H and O–H groups in total. The highest BCUT2D eigenvalue weighted by Gasteiger charge is 2.29. The van der Waals surface area contributed by atoms with Crippen LogP contribution in [0.4, 0.5) is 0 Å². The van der Waals surface area contributed by atoms with Gasteiger partial charge in [-0.05, 0) is 32.0 Å². The number of nitrogens with one attached hydrogen (secondary N) is 1. The number of fused-ring (bicyclic) bond motifs is 1. The van der Waals surface area contributed by atoms with Gasteiger partial charge in [-0.1, -0.05) is 18.2 Å². The van der Waals surface area contributed by atoms with Crippen molar-refractivity contribution in [2.75, 3.05) is 7.05 Å². The summed E-state index contributed by atoms with van der Waals surface area (Å²) in [7, 11) is 2.06. The molecule has 4 heteroatoms. The van der Waals surface area contributed by atoms with Gasteiger partial charge >= 0.3 is 0 Å². The number of hydrogen-bond acceptors (Lipinski definition) is 4. The van der Waals surface area contributed by atoms with Gasteiger partial charge in [-0.15, -0.1) is 23.1 Å².